The molecule has 0 fully saturated rings. The second-order valence-corrected chi connectivity index (χ2v) is 13.1. The maximum absolute atomic E-state index is 12.0. The molecule has 0 amide bonds. The summed E-state index contributed by atoms with van der Waals surface area (Å²) in [6.07, 6.45) is -7.74. The molecule has 0 radical (unpaired) electrons. The third-order valence-electron chi connectivity index (χ3n) is 3.74. The summed E-state index contributed by atoms with van der Waals surface area (Å²) in [7, 11) is -2.64. The molecule has 15 heteroatoms. The van der Waals surface area contributed by atoms with Gasteiger partial charge in [-0.3, -0.25) is 9.93 Å². The van der Waals surface area contributed by atoms with Gasteiger partial charge in [0.25, 0.3) is 0 Å². The van der Waals surface area contributed by atoms with E-state index in [1.54, 1.807) is 26.8 Å². The summed E-state index contributed by atoms with van der Waals surface area (Å²) in [6, 6.07) is 10.2. The first-order chi connectivity index (χ1) is 17.5. The van der Waals surface area contributed by atoms with Gasteiger partial charge >= 0.3 is 12.7 Å². The Morgan fingerprint density at radius 2 is 1.13 bits per heavy atom. The number of alkyl halides is 6. The Kier molecular flexibility index (Phi) is 14.0. The van der Waals surface area contributed by atoms with Crippen LogP contribution in [0, 0.1) is 0 Å². The zero-order valence-electron chi connectivity index (χ0n) is 21.9. The molecule has 0 aliphatic carbocycles. The molecule has 0 heterocycles. The molecule has 0 spiro atoms. The van der Waals surface area contributed by atoms with Crippen molar-refractivity contribution in [2.45, 2.75) is 63.8 Å². The van der Waals surface area contributed by atoms with Gasteiger partial charge < -0.3 is 9.47 Å². The van der Waals surface area contributed by atoms with Crippen LogP contribution in [-0.2, 0) is 22.0 Å². The van der Waals surface area contributed by atoms with Gasteiger partial charge in [-0.15, -0.1) is 26.3 Å². The van der Waals surface area contributed by atoms with E-state index in [9.17, 15) is 39.6 Å². The Balaban J connectivity index is 0.000000622. The number of benzene rings is 2. The molecule has 0 saturated heterocycles. The van der Waals surface area contributed by atoms with Crippen molar-refractivity contribution < 1.29 is 49.0 Å². The normalized spacial score (nSPS) is 13.8. The molecule has 2 aromatic carbocycles. The van der Waals surface area contributed by atoms with Gasteiger partial charge in [0.05, 0.1) is 20.5 Å². The lowest BCUT2D eigenvalue weighted by Crippen LogP contribution is -2.27. The molecule has 39 heavy (non-hydrogen) atoms. The summed E-state index contributed by atoms with van der Waals surface area (Å²) in [5, 5.41) is 5.04. The molecule has 7 nitrogen and oxygen atoms in total. The van der Waals surface area contributed by atoms with Gasteiger partial charge in [-0.1, -0.05) is 24.3 Å². The van der Waals surface area contributed by atoms with Crippen LogP contribution in [-0.4, -0.2) is 43.1 Å². The maximum Gasteiger partial charge on any atom is 0.573 e. The Bertz CT molecular complexity index is 1140. The molecular formula is C24H30F6N2O5S2. The zero-order valence-corrected chi connectivity index (χ0v) is 23.6. The first-order valence-corrected chi connectivity index (χ1v) is 13.1. The van der Waals surface area contributed by atoms with Crippen LogP contribution in [0.5, 0.6) is 11.5 Å². The first kappa shape index (κ1) is 36.2. The molecule has 2 aromatic rings. The standard InChI is InChI=1S/C12H14F3NO2S.C8H5F3O2.C4H11NOS/c1-11(2,3)19(17)16-8-9-5-4-6-10(7-9)18-12(13,14)15;9-8(10,11)13-7-3-1-2-6(4-7)5-12;1-4(2,3)7(5)6/h4-8H,1-3H3;1-5H;5H2,1-3H3/t19-;;7-/m0.0/s1. The summed E-state index contributed by atoms with van der Waals surface area (Å²) in [4.78, 5) is 10.2. The van der Waals surface area contributed by atoms with E-state index in [1.165, 1.54) is 36.5 Å². The van der Waals surface area contributed by atoms with Crippen molar-refractivity contribution in [3.63, 3.8) is 0 Å². The topological polar surface area (TPSA) is 108 Å². The van der Waals surface area contributed by atoms with E-state index in [-0.39, 0.29) is 16.1 Å². The average molecular weight is 605 g/mol. The monoisotopic (exact) mass is 604 g/mol. The number of carbonyl (C=O) groups is 1. The Morgan fingerprint density at radius 1 is 0.744 bits per heavy atom. The van der Waals surface area contributed by atoms with Gasteiger partial charge in [0.2, 0.25) is 0 Å². The molecule has 2 rings (SSSR count). The number of hydrogen-bond acceptors (Lipinski definition) is 5. The zero-order chi connectivity index (χ0) is 30.7. The van der Waals surface area contributed by atoms with Crippen molar-refractivity contribution >= 4 is 34.5 Å². The number of carbonyl (C=O) groups excluding carboxylic acids is 1. The fourth-order valence-electron chi connectivity index (χ4n) is 1.84. The molecule has 0 aromatic heterocycles. The van der Waals surface area contributed by atoms with Gasteiger partial charge in [-0.25, -0.2) is 8.42 Å². The smallest absolute Gasteiger partial charge is 0.406 e. The first-order valence-electron chi connectivity index (χ1n) is 10.8. The van der Waals surface area contributed by atoms with Crippen LogP contribution in [0.4, 0.5) is 26.3 Å². The lowest BCUT2D eigenvalue weighted by molar-refractivity contribution is -0.275. The van der Waals surface area contributed by atoms with E-state index in [0.717, 1.165) is 12.1 Å². The number of rotatable bonds is 5. The number of nitrogens with zero attached hydrogens (tertiary/aromatic N) is 1. The van der Waals surface area contributed by atoms with Crippen LogP contribution in [0.1, 0.15) is 57.5 Å². The van der Waals surface area contributed by atoms with Crippen molar-refractivity contribution in [3.05, 3.63) is 59.7 Å². The molecule has 2 N–H and O–H groups in total. The number of aldehydes is 1. The van der Waals surface area contributed by atoms with Gasteiger partial charge in [-0.05, 0) is 71.4 Å². The van der Waals surface area contributed by atoms with Crippen LogP contribution in [0.25, 0.3) is 0 Å². The molecule has 2 atom stereocenters. The number of halogens is 6. The Hall–Kier alpha value is -2.78. The minimum atomic E-state index is -4.73. The van der Waals surface area contributed by atoms with Crippen LogP contribution in [0.2, 0.25) is 0 Å². The van der Waals surface area contributed by atoms with E-state index >= 15 is 0 Å². The van der Waals surface area contributed by atoms with Gasteiger partial charge in [0, 0.05) is 11.8 Å². The van der Waals surface area contributed by atoms with Gasteiger partial charge in [0.15, 0.2) is 0 Å². The second kappa shape index (κ2) is 15.1. The van der Waals surface area contributed by atoms with Crippen molar-refractivity contribution in [3.8, 4) is 11.5 Å². The van der Waals surface area contributed by atoms with E-state index in [1.807, 2.05) is 20.8 Å². The fourth-order valence-corrected chi connectivity index (χ4v) is 2.38. The summed E-state index contributed by atoms with van der Waals surface area (Å²) in [5.41, 5.74) is 0.529. The molecule has 0 bridgehead atoms. The maximum atomic E-state index is 12.0. The highest BCUT2D eigenvalue weighted by molar-refractivity contribution is 7.85. The Labute approximate surface area is 228 Å². The minimum Gasteiger partial charge on any atom is -0.406 e. The fraction of sp³-hybridized carbons (Fsp3) is 0.417. The number of nitrogens with two attached hydrogens (primary N) is 1. The van der Waals surface area contributed by atoms with Crippen LogP contribution < -0.4 is 14.6 Å². The van der Waals surface area contributed by atoms with Crippen LogP contribution >= 0.6 is 0 Å². The summed E-state index contributed by atoms with van der Waals surface area (Å²) in [5.74, 6) is -0.727. The molecule has 0 aliphatic rings. The van der Waals surface area contributed by atoms with Crippen LogP contribution in [0.3, 0.4) is 0 Å². The largest absolute Gasteiger partial charge is 0.573 e. The van der Waals surface area contributed by atoms with Crippen molar-refractivity contribution in [1.82, 2.24) is 0 Å². The second-order valence-electron chi connectivity index (χ2n) is 9.36. The van der Waals surface area contributed by atoms with E-state index in [0.29, 0.717) is 11.8 Å². The van der Waals surface area contributed by atoms with Gasteiger partial charge in [-0.2, -0.15) is 4.40 Å². The van der Waals surface area contributed by atoms with E-state index in [4.69, 9.17) is 5.14 Å². The number of hydrogen-bond donors (Lipinski definition) is 1. The SMILES string of the molecule is CC(C)(C)[S@@](N)=O.CC(C)(C)[S@](=O)N=Cc1cccc(OC(F)(F)F)c1.O=Cc1cccc(OC(F)(F)F)c1. The van der Waals surface area contributed by atoms with Crippen LogP contribution in [0.15, 0.2) is 52.9 Å². The summed E-state index contributed by atoms with van der Waals surface area (Å²) >= 11 is 0. The van der Waals surface area contributed by atoms with E-state index < -0.39 is 45.2 Å². The molecule has 0 unspecified atom stereocenters. The van der Waals surface area contributed by atoms with E-state index in [2.05, 4.69) is 13.9 Å². The highest BCUT2D eigenvalue weighted by Gasteiger charge is 2.31. The predicted molar refractivity (Wildman–Crippen MR) is 139 cm³/mol. The minimum absolute atomic E-state index is 0.141. The highest BCUT2D eigenvalue weighted by atomic mass is 32.2. The molecule has 220 valence electrons. The van der Waals surface area contributed by atoms with Gasteiger partial charge in [0.1, 0.15) is 28.8 Å². The summed E-state index contributed by atoms with van der Waals surface area (Å²) in [6.45, 7) is 10.8. The quantitative estimate of drug-likeness (QED) is 0.246. The van der Waals surface area contributed by atoms with Crippen molar-refractivity contribution in [2.24, 2.45) is 9.54 Å². The third-order valence-corrected chi connectivity index (χ3v) is 6.30. The number of ether oxygens (including phenoxy) is 2. The predicted octanol–water partition coefficient (Wildman–Crippen LogP) is 6.27. The average Bonchev–Trinajstić information content (AvgIpc) is 2.75. The molecule has 0 saturated carbocycles. The summed E-state index contributed by atoms with van der Waals surface area (Å²) < 4.78 is 104. The lowest BCUT2D eigenvalue weighted by Gasteiger charge is -2.12. The lowest BCUT2D eigenvalue weighted by atomic mass is 10.2. The third kappa shape index (κ3) is 18.2. The Morgan fingerprint density at radius 3 is 1.46 bits per heavy atom. The van der Waals surface area contributed by atoms with Crippen molar-refractivity contribution in [1.29, 1.82) is 0 Å². The molecular weight excluding hydrogens is 574 g/mol. The highest BCUT2D eigenvalue weighted by Crippen LogP contribution is 2.24. The molecule has 0 aliphatic heterocycles. The van der Waals surface area contributed by atoms with Crippen molar-refractivity contribution in [2.75, 3.05) is 0 Å².